The van der Waals surface area contributed by atoms with Crippen molar-refractivity contribution in [1.82, 2.24) is 29.1 Å². The molecule has 64 heavy (non-hydrogen) atoms. The number of hydrogen-bond acceptors (Lipinski definition) is 4. The van der Waals surface area contributed by atoms with Gasteiger partial charge >= 0.3 is 0 Å². The fourth-order valence-corrected chi connectivity index (χ4v) is 9.64. The van der Waals surface area contributed by atoms with Crippen molar-refractivity contribution in [3.8, 4) is 56.8 Å². The SMILES string of the molecule is c1ccc(-c2nc(-c3ccc(-n4c5ccccc5c5c(-c6ccccc6)nc6c7ccccc7ccc6c54)cc3)nc(-c3cccc(-n4c5ccccc5c5ccccc54)c3)n2)cc1. The van der Waals surface area contributed by atoms with Gasteiger partial charge in [-0.1, -0.05) is 164 Å². The maximum Gasteiger partial charge on any atom is 0.164 e. The van der Waals surface area contributed by atoms with Gasteiger partial charge in [0.05, 0.1) is 33.3 Å². The van der Waals surface area contributed by atoms with E-state index < -0.39 is 0 Å². The van der Waals surface area contributed by atoms with E-state index in [2.05, 4.69) is 209 Å². The van der Waals surface area contributed by atoms with E-state index in [9.17, 15) is 0 Å². The molecule has 0 aliphatic rings. The van der Waals surface area contributed by atoms with Gasteiger partial charge in [-0.15, -0.1) is 0 Å². The molecule has 4 heterocycles. The van der Waals surface area contributed by atoms with E-state index >= 15 is 0 Å². The first kappa shape index (κ1) is 36.0. The van der Waals surface area contributed by atoms with Crippen LogP contribution >= 0.6 is 0 Å². The Labute approximate surface area is 368 Å². The molecule has 9 aromatic carbocycles. The van der Waals surface area contributed by atoms with Crippen molar-refractivity contribution in [2.45, 2.75) is 0 Å². The summed E-state index contributed by atoms with van der Waals surface area (Å²) < 4.78 is 4.72. The van der Waals surface area contributed by atoms with Gasteiger partial charge in [0, 0.05) is 65.9 Å². The normalized spacial score (nSPS) is 11.8. The van der Waals surface area contributed by atoms with E-state index in [1.165, 1.54) is 10.8 Å². The maximum absolute atomic E-state index is 5.49. The fraction of sp³-hybridized carbons (Fsp3) is 0. The molecule has 0 spiro atoms. The van der Waals surface area contributed by atoms with E-state index in [4.69, 9.17) is 19.9 Å². The smallest absolute Gasteiger partial charge is 0.164 e. The molecule has 0 aliphatic carbocycles. The van der Waals surface area contributed by atoms with Crippen molar-refractivity contribution in [2.75, 3.05) is 0 Å². The number of nitrogens with zero attached hydrogens (tertiary/aromatic N) is 6. The Morgan fingerprint density at radius 2 is 0.812 bits per heavy atom. The van der Waals surface area contributed by atoms with Crippen molar-refractivity contribution in [3.63, 3.8) is 0 Å². The number of aromatic nitrogens is 6. The lowest BCUT2D eigenvalue weighted by molar-refractivity contribution is 1.07. The Balaban J connectivity index is 0.990. The molecular weight excluding hydrogens is 781 g/mol. The molecule has 0 radical (unpaired) electrons. The minimum atomic E-state index is 0.604. The van der Waals surface area contributed by atoms with E-state index in [0.29, 0.717) is 17.5 Å². The van der Waals surface area contributed by atoms with E-state index in [1.54, 1.807) is 0 Å². The van der Waals surface area contributed by atoms with Crippen LogP contribution in [0.25, 0.3) is 122 Å². The Hall–Kier alpha value is -8.74. The topological polar surface area (TPSA) is 61.4 Å². The van der Waals surface area contributed by atoms with Crippen LogP contribution in [0, 0.1) is 0 Å². The number of benzene rings is 9. The molecule has 0 amide bonds. The summed E-state index contributed by atoms with van der Waals surface area (Å²) in [5, 5.41) is 8.12. The summed E-state index contributed by atoms with van der Waals surface area (Å²) in [4.78, 5) is 20.9. The van der Waals surface area contributed by atoms with Crippen LogP contribution in [-0.4, -0.2) is 29.1 Å². The molecule has 0 fully saturated rings. The predicted molar refractivity (Wildman–Crippen MR) is 263 cm³/mol. The Morgan fingerprint density at radius 3 is 1.48 bits per heavy atom. The zero-order chi connectivity index (χ0) is 42.1. The summed E-state index contributed by atoms with van der Waals surface area (Å²) in [6.45, 7) is 0. The first-order chi connectivity index (χ1) is 31.7. The molecule has 13 rings (SSSR count). The third-order valence-electron chi connectivity index (χ3n) is 12.5. The lowest BCUT2D eigenvalue weighted by Crippen LogP contribution is -2.01. The zero-order valence-corrected chi connectivity index (χ0v) is 34.5. The number of fused-ring (bicyclic) bond motifs is 10. The lowest BCUT2D eigenvalue weighted by Gasteiger charge is -2.14. The Bertz CT molecular complexity index is 3890. The van der Waals surface area contributed by atoms with E-state index in [1.807, 2.05) is 18.2 Å². The van der Waals surface area contributed by atoms with Crippen molar-refractivity contribution in [3.05, 3.63) is 218 Å². The molecule has 0 N–H and O–H groups in total. The average Bonchev–Trinajstić information content (AvgIpc) is 3.90. The molecule has 0 unspecified atom stereocenters. The quantitative estimate of drug-likeness (QED) is 0.157. The molecule has 13 aromatic rings. The second kappa shape index (κ2) is 14.4. The van der Waals surface area contributed by atoms with Gasteiger partial charge in [-0.3, -0.25) is 0 Å². The van der Waals surface area contributed by atoms with Gasteiger partial charge in [0.1, 0.15) is 0 Å². The van der Waals surface area contributed by atoms with Crippen LogP contribution in [0.2, 0.25) is 0 Å². The Morgan fingerprint density at radius 1 is 0.297 bits per heavy atom. The predicted octanol–water partition coefficient (Wildman–Crippen LogP) is 14.4. The van der Waals surface area contributed by atoms with Crippen LogP contribution in [0.1, 0.15) is 0 Å². The van der Waals surface area contributed by atoms with Gasteiger partial charge in [0.2, 0.25) is 0 Å². The largest absolute Gasteiger partial charge is 0.309 e. The second-order valence-corrected chi connectivity index (χ2v) is 16.2. The van der Waals surface area contributed by atoms with Gasteiger partial charge < -0.3 is 9.13 Å². The third-order valence-corrected chi connectivity index (χ3v) is 12.5. The van der Waals surface area contributed by atoms with Crippen LogP contribution in [-0.2, 0) is 0 Å². The maximum atomic E-state index is 5.49. The van der Waals surface area contributed by atoms with Gasteiger partial charge in [0.15, 0.2) is 17.5 Å². The van der Waals surface area contributed by atoms with Crippen LogP contribution in [0.3, 0.4) is 0 Å². The summed E-state index contributed by atoms with van der Waals surface area (Å²) in [7, 11) is 0. The third kappa shape index (κ3) is 5.66. The summed E-state index contributed by atoms with van der Waals surface area (Å²) in [5.74, 6) is 1.83. The summed E-state index contributed by atoms with van der Waals surface area (Å²) in [6, 6.07) is 76.7. The van der Waals surface area contributed by atoms with Gasteiger partial charge in [0.25, 0.3) is 0 Å². The average molecular weight is 817 g/mol. The monoisotopic (exact) mass is 816 g/mol. The standard InChI is InChI=1S/C58H36N6/c1-3-17-38(18-4-1)53-52-47-26-11-14-29-51(47)64(55(52)48-35-32-37-16-7-8-23-44(37)54(48)59-53)42-33-30-40(31-34-42)57-60-56(39-19-5-2-6-20-39)61-58(62-57)41-21-15-22-43(36-41)63-49-27-12-9-24-45(49)46-25-10-13-28-50(46)63/h1-36H. The molecule has 0 saturated heterocycles. The molecule has 0 saturated carbocycles. The van der Waals surface area contributed by atoms with Crippen molar-refractivity contribution in [2.24, 2.45) is 0 Å². The molecule has 0 aliphatic heterocycles. The van der Waals surface area contributed by atoms with E-state index in [-0.39, 0.29) is 0 Å². The van der Waals surface area contributed by atoms with E-state index in [0.717, 1.165) is 93.8 Å². The highest BCUT2D eigenvalue weighted by molar-refractivity contribution is 6.25. The Kier molecular flexibility index (Phi) is 8.11. The highest BCUT2D eigenvalue weighted by Gasteiger charge is 2.22. The first-order valence-corrected chi connectivity index (χ1v) is 21.6. The zero-order valence-electron chi connectivity index (χ0n) is 34.5. The fourth-order valence-electron chi connectivity index (χ4n) is 9.64. The molecule has 0 bridgehead atoms. The first-order valence-electron chi connectivity index (χ1n) is 21.6. The molecule has 4 aromatic heterocycles. The molecule has 6 heteroatoms. The summed E-state index contributed by atoms with van der Waals surface area (Å²) in [5.41, 5.74) is 12.4. The minimum absolute atomic E-state index is 0.604. The molecule has 6 nitrogen and oxygen atoms in total. The number of hydrogen-bond donors (Lipinski definition) is 0. The number of para-hydroxylation sites is 3. The van der Waals surface area contributed by atoms with Gasteiger partial charge in [-0.2, -0.15) is 0 Å². The molecular formula is C58H36N6. The van der Waals surface area contributed by atoms with Crippen LogP contribution < -0.4 is 0 Å². The second-order valence-electron chi connectivity index (χ2n) is 16.2. The van der Waals surface area contributed by atoms with Crippen LogP contribution in [0.5, 0.6) is 0 Å². The number of pyridine rings is 1. The highest BCUT2D eigenvalue weighted by atomic mass is 15.0. The summed E-state index contributed by atoms with van der Waals surface area (Å²) >= 11 is 0. The summed E-state index contributed by atoms with van der Waals surface area (Å²) in [6.07, 6.45) is 0. The van der Waals surface area contributed by atoms with Gasteiger partial charge in [-0.05, 0) is 60.0 Å². The van der Waals surface area contributed by atoms with Crippen molar-refractivity contribution >= 4 is 65.3 Å². The highest BCUT2D eigenvalue weighted by Crippen LogP contribution is 2.43. The minimum Gasteiger partial charge on any atom is -0.309 e. The van der Waals surface area contributed by atoms with Crippen LogP contribution in [0.4, 0.5) is 0 Å². The molecule has 0 atom stereocenters. The van der Waals surface area contributed by atoms with Crippen molar-refractivity contribution in [1.29, 1.82) is 0 Å². The number of rotatable bonds is 6. The lowest BCUT2D eigenvalue weighted by atomic mass is 10.00. The van der Waals surface area contributed by atoms with Gasteiger partial charge in [-0.25, -0.2) is 19.9 Å². The van der Waals surface area contributed by atoms with Crippen LogP contribution in [0.15, 0.2) is 218 Å². The molecule has 298 valence electrons. The van der Waals surface area contributed by atoms with Crippen molar-refractivity contribution < 1.29 is 0 Å².